The van der Waals surface area contributed by atoms with Gasteiger partial charge in [0, 0.05) is 16.8 Å². The molecule has 0 radical (unpaired) electrons. The topological polar surface area (TPSA) is 78.0 Å². The lowest BCUT2D eigenvalue weighted by Gasteiger charge is -2.56. The van der Waals surface area contributed by atoms with E-state index in [0.717, 1.165) is 11.3 Å². The summed E-state index contributed by atoms with van der Waals surface area (Å²) in [6, 6.07) is 21.9. The van der Waals surface area contributed by atoms with Crippen LogP contribution in [0.1, 0.15) is 29.0 Å². The lowest BCUT2D eigenvalue weighted by molar-refractivity contribution is 0.485. The van der Waals surface area contributed by atoms with E-state index >= 15 is 0 Å². The molecule has 0 fully saturated rings. The van der Waals surface area contributed by atoms with Gasteiger partial charge in [0.2, 0.25) is 20.0 Å². The lowest BCUT2D eigenvalue weighted by Crippen LogP contribution is -2.59. The first-order valence-corrected chi connectivity index (χ1v) is 13.8. The summed E-state index contributed by atoms with van der Waals surface area (Å²) in [6.07, 6.45) is 0.898. The normalized spacial score (nSPS) is 20.0. The molecule has 5 rings (SSSR count). The Labute approximate surface area is 188 Å². The van der Waals surface area contributed by atoms with E-state index in [-0.39, 0.29) is 0 Å². The fraction of sp³-hybridized carbons (Fsp3) is 0.217. The third-order valence-corrected chi connectivity index (χ3v) is 8.14. The van der Waals surface area contributed by atoms with Crippen molar-refractivity contribution in [2.75, 3.05) is 26.0 Å². The molecule has 2 unspecified atom stereocenters. The average molecular weight is 470 g/mol. The molecule has 2 bridgehead atoms. The Bertz CT molecular complexity index is 1330. The third kappa shape index (κ3) is 3.07. The van der Waals surface area contributed by atoms with E-state index < -0.39 is 32.4 Å². The van der Waals surface area contributed by atoms with Crippen molar-refractivity contribution < 1.29 is 16.8 Å². The van der Waals surface area contributed by atoms with Crippen molar-refractivity contribution in [1.29, 1.82) is 0 Å². The van der Waals surface area contributed by atoms with Gasteiger partial charge in [0.05, 0.1) is 23.9 Å². The molecule has 0 aliphatic carbocycles. The zero-order valence-electron chi connectivity index (χ0n) is 17.9. The van der Waals surface area contributed by atoms with Crippen LogP contribution in [0, 0.1) is 6.92 Å². The second-order valence-corrected chi connectivity index (χ2v) is 11.9. The number of hydrogen-bond acceptors (Lipinski definition) is 5. The number of rotatable bonds is 3. The fourth-order valence-corrected chi connectivity index (χ4v) is 6.91. The van der Waals surface area contributed by atoms with Crippen LogP contribution < -0.4 is 13.5 Å². The Morgan fingerprint density at radius 3 is 1.44 bits per heavy atom. The van der Waals surface area contributed by atoms with E-state index in [1.165, 1.54) is 21.1 Å². The van der Waals surface area contributed by atoms with Gasteiger partial charge in [0.1, 0.15) is 12.3 Å². The minimum absolute atomic E-state index is 0.483. The molecular formula is C23H23N3O4S2. The van der Waals surface area contributed by atoms with Crippen molar-refractivity contribution in [1.82, 2.24) is 0 Å². The van der Waals surface area contributed by atoms with Gasteiger partial charge in [-0.3, -0.25) is 0 Å². The number of hydrogen-bond donors (Lipinski definition) is 0. The second kappa shape index (κ2) is 6.98. The maximum atomic E-state index is 13.1. The van der Waals surface area contributed by atoms with Gasteiger partial charge >= 0.3 is 0 Å². The summed E-state index contributed by atoms with van der Waals surface area (Å²) < 4.78 is 55.3. The van der Waals surface area contributed by atoms with Crippen LogP contribution in [0.2, 0.25) is 0 Å². The first-order valence-electron chi connectivity index (χ1n) is 10.1. The van der Waals surface area contributed by atoms with Crippen molar-refractivity contribution in [3.05, 3.63) is 89.5 Å². The number of fused-ring (bicyclic) bond motifs is 6. The van der Waals surface area contributed by atoms with Crippen LogP contribution in [0.4, 0.5) is 17.1 Å². The van der Waals surface area contributed by atoms with E-state index in [9.17, 15) is 16.8 Å². The molecule has 2 aliphatic heterocycles. The van der Waals surface area contributed by atoms with Crippen LogP contribution in [-0.4, -0.2) is 29.3 Å². The standard InChI is InChI=1S/C23H23N3O4S2/c1-16-12-14-17(15-13-16)24-22-19-9-5-7-11-21(19)26(32(3,29)30)23(24)18-8-4-6-10-20(18)25(22)31(2,27)28/h4-15,22-23H,1-3H3. The first kappa shape index (κ1) is 20.8. The molecule has 2 aliphatic rings. The van der Waals surface area contributed by atoms with E-state index in [4.69, 9.17) is 0 Å². The molecule has 0 saturated heterocycles. The molecule has 0 spiro atoms. The van der Waals surface area contributed by atoms with Crippen molar-refractivity contribution in [3.63, 3.8) is 0 Å². The monoisotopic (exact) mass is 469 g/mol. The van der Waals surface area contributed by atoms with Crippen LogP contribution in [-0.2, 0) is 20.0 Å². The Morgan fingerprint density at radius 1 is 0.625 bits per heavy atom. The molecule has 3 aromatic rings. The summed E-state index contributed by atoms with van der Waals surface area (Å²) in [6.45, 7) is 1.97. The molecule has 32 heavy (non-hydrogen) atoms. The highest BCUT2D eigenvalue weighted by Gasteiger charge is 2.52. The summed E-state index contributed by atoms with van der Waals surface area (Å²) in [5, 5.41) is 0. The van der Waals surface area contributed by atoms with E-state index in [1.807, 2.05) is 36.1 Å². The number of anilines is 3. The van der Waals surface area contributed by atoms with Crippen LogP contribution >= 0.6 is 0 Å². The number of para-hydroxylation sites is 2. The van der Waals surface area contributed by atoms with Crippen molar-refractivity contribution >= 4 is 37.1 Å². The van der Waals surface area contributed by atoms with Crippen molar-refractivity contribution in [2.24, 2.45) is 0 Å². The Kier molecular flexibility index (Phi) is 4.55. The summed E-state index contributed by atoms with van der Waals surface area (Å²) in [5.74, 6) is 0. The number of nitrogens with zero attached hydrogens (tertiary/aromatic N) is 3. The predicted octanol–water partition coefficient (Wildman–Crippen LogP) is 3.76. The van der Waals surface area contributed by atoms with E-state index in [0.29, 0.717) is 22.5 Å². The zero-order valence-corrected chi connectivity index (χ0v) is 19.5. The maximum Gasteiger partial charge on any atom is 0.234 e. The summed E-state index contributed by atoms with van der Waals surface area (Å²) >= 11 is 0. The first-order chi connectivity index (χ1) is 15.1. The summed E-state index contributed by atoms with van der Waals surface area (Å²) in [4.78, 5) is 1.88. The number of benzene rings is 3. The van der Waals surface area contributed by atoms with Crippen molar-refractivity contribution in [2.45, 2.75) is 19.3 Å². The van der Waals surface area contributed by atoms with Gasteiger partial charge in [0.25, 0.3) is 0 Å². The molecule has 166 valence electrons. The maximum absolute atomic E-state index is 13.1. The summed E-state index contributed by atoms with van der Waals surface area (Å²) in [7, 11) is -7.42. The fourth-order valence-electron chi connectivity index (χ4n) is 4.71. The molecule has 7 nitrogen and oxygen atoms in total. The molecule has 2 heterocycles. The minimum atomic E-state index is -3.71. The quantitative estimate of drug-likeness (QED) is 0.584. The Hall–Kier alpha value is -3.04. The predicted molar refractivity (Wildman–Crippen MR) is 127 cm³/mol. The van der Waals surface area contributed by atoms with Gasteiger partial charge < -0.3 is 4.90 Å². The molecule has 0 amide bonds. The molecule has 0 saturated carbocycles. The highest BCUT2D eigenvalue weighted by Crippen LogP contribution is 2.56. The highest BCUT2D eigenvalue weighted by molar-refractivity contribution is 7.92. The van der Waals surface area contributed by atoms with Gasteiger partial charge in [-0.25, -0.2) is 25.4 Å². The molecule has 2 atom stereocenters. The van der Waals surface area contributed by atoms with Gasteiger partial charge in [-0.05, 0) is 31.2 Å². The van der Waals surface area contributed by atoms with E-state index in [1.54, 1.807) is 48.5 Å². The Balaban J connectivity index is 1.93. The average Bonchev–Trinajstić information content (AvgIpc) is 2.72. The van der Waals surface area contributed by atoms with Gasteiger partial charge in [-0.1, -0.05) is 54.1 Å². The van der Waals surface area contributed by atoms with Crippen LogP contribution in [0.25, 0.3) is 0 Å². The van der Waals surface area contributed by atoms with Gasteiger partial charge in [0.15, 0.2) is 0 Å². The molecule has 0 aromatic heterocycles. The van der Waals surface area contributed by atoms with Crippen LogP contribution in [0.15, 0.2) is 72.8 Å². The number of aryl methyl sites for hydroxylation is 1. The molecule has 9 heteroatoms. The molecule has 0 N–H and O–H groups in total. The second-order valence-electron chi connectivity index (χ2n) is 8.23. The Morgan fingerprint density at radius 2 is 1.03 bits per heavy atom. The molecule has 3 aromatic carbocycles. The summed E-state index contributed by atoms with van der Waals surface area (Å²) in [5.41, 5.74) is 3.96. The highest BCUT2D eigenvalue weighted by atomic mass is 32.2. The minimum Gasteiger partial charge on any atom is -0.320 e. The smallest absolute Gasteiger partial charge is 0.234 e. The zero-order chi connectivity index (χ0) is 22.8. The van der Waals surface area contributed by atoms with Gasteiger partial charge in [-0.2, -0.15) is 0 Å². The largest absolute Gasteiger partial charge is 0.320 e. The van der Waals surface area contributed by atoms with Crippen LogP contribution in [0.5, 0.6) is 0 Å². The third-order valence-electron chi connectivity index (χ3n) is 5.92. The van der Waals surface area contributed by atoms with E-state index in [2.05, 4.69) is 0 Å². The lowest BCUT2D eigenvalue weighted by atomic mass is 9.95. The van der Waals surface area contributed by atoms with Crippen molar-refractivity contribution in [3.8, 4) is 0 Å². The van der Waals surface area contributed by atoms with Gasteiger partial charge in [-0.15, -0.1) is 0 Å². The van der Waals surface area contributed by atoms with Crippen LogP contribution in [0.3, 0.4) is 0 Å². The molecular weight excluding hydrogens is 446 g/mol. The SMILES string of the molecule is Cc1ccc(N2C3c4ccccc4N(S(C)(=O)=O)C2c2ccccc2N3S(C)(=O)=O)cc1. The number of sulfonamides is 2.